The molecule has 120 valence electrons. The summed E-state index contributed by atoms with van der Waals surface area (Å²) >= 11 is 0. The maximum Gasteiger partial charge on any atom is 0.257 e. The molecule has 1 aliphatic rings. The predicted molar refractivity (Wildman–Crippen MR) is 88.5 cm³/mol. The summed E-state index contributed by atoms with van der Waals surface area (Å²) in [6.45, 7) is 0.864. The summed E-state index contributed by atoms with van der Waals surface area (Å²) < 4.78 is 19.5. The van der Waals surface area contributed by atoms with E-state index in [1.807, 2.05) is 36.4 Å². The minimum absolute atomic E-state index is 0.0970. The van der Waals surface area contributed by atoms with Gasteiger partial charge in [0, 0.05) is 11.5 Å². The van der Waals surface area contributed by atoms with E-state index in [1.165, 1.54) is 12.1 Å². The van der Waals surface area contributed by atoms with Crippen LogP contribution in [0.5, 0.6) is 5.88 Å². The van der Waals surface area contributed by atoms with Crippen LogP contribution in [0, 0.1) is 5.82 Å². The number of amides is 1. The number of halogens is 1. The maximum atomic E-state index is 13.7. The van der Waals surface area contributed by atoms with Gasteiger partial charge in [-0.1, -0.05) is 30.3 Å². The van der Waals surface area contributed by atoms with Gasteiger partial charge < -0.3 is 9.64 Å². The van der Waals surface area contributed by atoms with E-state index in [9.17, 15) is 9.18 Å². The zero-order valence-electron chi connectivity index (χ0n) is 12.9. The number of hydrogen-bond donors (Lipinski definition) is 0. The van der Waals surface area contributed by atoms with Crippen LogP contribution in [0.25, 0.3) is 10.9 Å². The van der Waals surface area contributed by atoms with E-state index in [-0.39, 0.29) is 17.6 Å². The molecule has 0 radical (unpaired) electrons. The van der Waals surface area contributed by atoms with E-state index in [2.05, 4.69) is 4.98 Å². The first-order valence-electron chi connectivity index (χ1n) is 7.77. The van der Waals surface area contributed by atoms with Crippen molar-refractivity contribution in [1.29, 1.82) is 0 Å². The second-order valence-electron chi connectivity index (χ2n) is 5.77. The van der Waals surface area contributed by atoms with Crippen molar-refractivity contribution < 1.29 is 13.9 Å². The largest absolute Gasteiger partial charge is 0.471 e. The highest BCUT2D eigenvalue weighted by atomic mass is 19.1. The molecule has 0 saturated carbocycles. The molecule has 2 heterocycles. The monoisotopic (exact) mass is 322 g/mol. The normalized spacial score (nSPS) is 14.5. The number of aromatic nitrogens is 1. The zero-order chi connectivity index (χ0) is 16.5. The van der Waals surface area contributed by atoms with Gasteiger partial charge in [-0.15, -0.1) is 0 Å². The molecular weight excluding hydrogens is 307 g/mol. The van der Waals surface area contributed by atoms with E-state index in [1.54, 1.807) is 17.0 Å². The first kappa shape index (κ1) is 14.6. The molecular formula is C19H15FN2O2. The Morgan fingerprint density at radius 2 is 1.79 bits per heavy atom. The van der Waals surface area contributed by atoms with E-state index in [4.69, 9.17) is 4.74 Å². The molecule has 4 rings (SSSR count). The van der Waals surface area contributed by atoms with E-state index in [0.29, 0.717) is 19.0 Å². The van der Waals surface area contributed by atoms with Gasteiger partial charge in [-0.3, -0.25) is 4.79 Å². The molecule has 24 heavy (non-hydrogen) atoms. The zero-order valence-corrected chi connectivity index (χ0v) is 12.9. The van der Waals surface area contributed by atoms with Gasteiger partial charge in [-0.05, 0) is 24.3 Å². The van der Waals surface area contributed by atoms with Crippen LogP contribution in [0.2, 0.25) is 0 Å². The van der Waals surface area contributed by atoms with Crippen LogP contribution in [0.4, 0.5) is 4.39 Å². The average Bonchev–Trinajstić information content (AvgIpc) is 2.57. The van der Waals surface area contributed by atoms with Crippen molar-refractivity contribution in [2.45, 2.75) is 6.10 Å². The van der Waals surface area contributed by atoms with Gasteiger partial charge in [-0.25, -0.2) is 9.37 Å². The van der Waals surface area contributed by atoms with Crippen LogP contribution in [0.1, 0.15) is 10.4 Å². The molecule has 1 aliphatic heterocycles. The second kappa shape index (κ2) is 5.92. The number of benzene rings is 2. The summed E-state index contributed by atoms with van der Waals surface area (Å²) in [7, 11) is 0. The van der Waals surface area contributed by atoms with Crippen molar-refractivity contribution in [2.75, 3.05) is 13.1 Å². The van der Waals surface area contributed by atoms with Crippen LogP contribution in [0.3, 0.4) is 0 Å². The molecule has 1 fully saturated rings. The highest BCUT2D eigenvalue weighted by Gasteiger charge is 2.34. The van der Waals surface area contributed by atoms with Crippen LogP contribution in [-0.2, 0) is 0 Å². The Labute approximate surface area is 138 Å². The number of para-hydroxylation sites is 1. The van der Waals surface area contributed by atoms with Crippen molar-refractivity contribution >= 4 is 16.8 Å². The molecule has 1 aromatic heterocycles. The van der Waals surface area contributed by atoms with Gasteiger partial charge in [0.25, 0.3) is 5.91 Å². The molecule has 1 saturated heterocycles. The molecule has 0 atom stereocenters. The summed E-state index contributed by atoms with van der Waals surface area (Å²) in [6, 6.07) is 17.6. The highest BCUT2D eigenvalue weighted by molar-refractivity contribution is 5.95. The molecule has 4 nitrogen and oxygen atoms in total. The van der Waals surface area contributed by atoms with Gasteiger partial charge >= 0.3 is 0 Å². The summed E-state index contributed by atoms with van der Waals surface area (Å²) in [5.74, 6) is -0.265. The maximum absolute atomic E-state index is 13.7. The molecule has 0 bridgehead atoms. The molecule has 0 unspecified atom stereocenters. The number of carbonyl (C=O) groups is 1. The van der Waals surface area contributed by atoms with Crippen LogP contribution < -0.4 is 4.74 Å². The number of carbonyl (C=O) groups excluding carboxylic acids is 1. The van der Waals surface area contributed by atoms with E-state index in [0.717, 1.165) is 10.9 Å². The summed E-state index contributed by atoms with van der Waals surface area (Å²) in [4.78, 5) is 18.3. The number of likely N-dealkylation sites (tertiary alicyclic amines) is 1. The smallest absolute Gasteiger partial charge is 0.257 e. The Bertz CT molecular complexity index is 907. The lowest BCUT2D eigenvalue weighted by atomic mass is 10.1. The Balaban J connectivity index is 1.40. The highest BCUT2D eigenvalue weighted by Crippen LogP contribution is 2.22. The first-order valence-corrected chi connectivity index (χ1v) is 7.77. The number of hydrogen-bond acceptors (Lipinski definition) is 3. The van der Waals surface area contributed by atoms with Crippen molar-refractivity contribution in [3.63, 3.8) is 0 Å². The third-order valence-electron chi connectivity index (χ3n) is 4.10. The van der Waals surface area contributed by atoms with Gasteiger partial charge in [0.15, 0.2) is 0 Å². The number of ether oxygens (including phenoxy) is 1. The summed E-state index contributed by atoms with van der Waals surface area (Å²) in [5, 5.41) is 1.05. The fourth-order valence-electron chi connectivity index (χ4n) is 2.77. The van der Waals surface area contributed by atoms with Crippen LogP contribution >= 0.6 is 0 Å². The Hall–Kier alpha value is -2.95. The second-order valence-corrected chi connectivity index (χ2v) is 5.77. The number of fused-ring (bicyclic) bond motifs is 1. The quantitative estimate of drug-likeness (QED) is 0.743. The molecule has 2 aromatic carbocycles. The van der Waals surface area contributed by atoms with Gasteiger partial charge in [0.2, 0.25) is 5.88 Å². The fourth-order valence-corrected chi connectivity index (χ4v) is 2.77. The number of pyridine rings is 1. The lowest BCUT2D eigenvalue weighted by Crippen LogP contribution is -2.56. The topological polar surface area (TPSA) is 42.4 Å². The third kappa shape index (κ3) is 2.69. The third-order valence-corrected chi connectivity index (χ3v) is 4.10. The summed E-state index contributed by atoms with van der Waals surface area (Å²) in [5.41, 5.74) is 0.966. The standard InChI is InChI=1S/C19H15FN2O2/c20-16-7-3-2-6-15(16)19(23)22-11-14(12-22)24-18-10-9-13-5-1-4-8-17(13)21-18/h1-10,14H,11-12H2. The molecule has 5 heteroatoms. The minimum Gasteiger partial charge on any atom is -0.471 e. The van der Waals surface area contributed by atoms with Gasteiger partial charge in [0.1, 0.15) is 11.9 Å². The van der Waals surface area contributed by atoms with Crippen molar-refractivity contribution in [3.8, 4) is 5.88 Å². The SMILES string of the molecule is O=C(c1ccccc1F)N1CC(Oc2ccc3ccccc3n2)C1. The lowest BCUT2D eigenvalue weighted by molar-refractivity contribution is 0.0158. The van der Waals surface area contributed by atoms with Crippen molar-refractivity contribution in [2.24, 2.45) is 0 Å². The van der Waals surface area contributed by atoms with Crippen LogP contribution in [-0.4, -0.2) is 35.0 Å². The molecule has 0 N–H and O–H groups in total. The molecule has 1 amide bonds. The van der Waals surface area contributed by atoms with Crippen LogP contribution in [0.15, 0.2) is 60.7 Å². The predicted octanol–water partition coefficient (Wildman–Crippen LogP) is 3.28. The van der Waals surface area contributed by atoms with E-state index >= 15 is 0 Å². The fraction of sp³-hybridized carbons (Fsp3) is 0.158. The number of rotatable bonds is 3. The number of nitrogens with zero attached hydrogens (tertiary/aromatic N) is 2. The van der Waals surface area contributed by atoms with Crippen molar-refractivity contribution in [1.82, 2.24) is 9.88 Å². The van der Waals surface area contributed by atoms with Crippen molar-refractivity contribution in [3.05, 3.63) is 72.0 Å². The lowest BCUT2D eigenvalue weighted by Gasteiger charge is -2.38. The first-order chi connectivity index (χ1) is 11.7. The molecule has 0 spiro atoms. The molecule has 0 aliphatic carbocycles. The summed E-state index contributed by atoms with van der Waals surface area (Å²) in [6.07, 6.45) is -0.116. The van der Waals surface area contributed by atoms with E-state index < -0.39 is 5.82 Å². The Morgan fingerprint density at radius 3 is 2.62 bits per heavy atom. The van der Waals surface area contributed by atoms with Gasteiger partial charge in [0.05, 0.1) is 24.2 Å². The minimum atomic E-state index is -0.497. The Kier molecular flexibility index (Phi) is 3.61. The van der Waals surface area contributed by atoms with Gasteiger partial charge in [-0.2, -0.15) is 0 Å². The Morgan fingerprint density at radius 1 is 1.04 bits per heavy atom. The average molecular weight is 322 g/mol. The molecule has 3 aromatic rings.